The van der Waals surface area contributed by atoms with E-state index in [-0.39, 0.29) is 24.6 Å². The molecular formula is C16H26O6. The molecule has 0 aliphatic carbocycles. The van der Waals surface area contributed by atoms with Crippen LogP contribution in [-0.2, 0) is 19.1 Å². The SMILES string of the molecule is CC1CCC(O)CCC(=O)OC(C)CCC(O)C=CC(=O)O1. The van der Waals surface area contributed by atoms with Crippen molar-refractivity contribution in [3.05, 3.63) is 12.2 Å². The fourth-order valence-corrected chi connectivity index (χ4v) is 2.19. The lowest BCUT2D eigenvalue weighted by atomic mass is 10.1. The van der Waals surface area contributed by atoms with Crippen LogP contribution < -0.4 is 0 Å². The third kappa shape index (κ3) is 8.14. The first-order valence-electron chi connectivity index (χ1n) is 7.81. The van der Waals surface area contributed by atoms with Crippen molar-refractivity contribution in [1.29, 1.82) is 0 Å². The molecule has 126 valence electrons. The van der Waals surface area contributed by atoms with E-state index in [2.05, 4.69) is 0 Å². The molecule has 1 aliphatic heterocycles. The van der Waals surface area contributed by atoms with Gasteiger partial charge in [-0.15, -0.1) is 0 Å². The summed E-state index contributed by atoms with van der Waals surface area (Å²) in [7, 11) is 0. The minimum absolute atomic E-state index is 0.155. The summed E-state index contributed by atoms with van der Waals surface area (Å²) >= 11 is 0. The number of hydrogen-bond acceptors (Lipinski definition) is 6. The third-order valence-electron chi connectivity index (χ3n) is 3.56. The Morgan fingerprint density at radius 2 is 1.59 bits per heavy atom. The van der Waals surface area contributed by atoms with Gasteiger partial charge < -0.3 is 19.7 Å². The maximum Gasteiger partial charge on any atom is 0.330 e. The minimum atomic E-state index is -0.779. The lowest BCUT2D eigenvalue weighted by molar-refractivity contribution is -0.149. The molecule has 1 rings (SSSR count). The van der Waals surface area contributed by atoms with Gasteiger partial charge in [0.2, 0.25) is 0 Å². The predicted molar refractivity (Wildman–Crippen MR) is 80.0 cm³/mol. The monoisotopic (exact) mass is 314 g/mol. The lowest BCUT2D eigenvalue weighted by Gasteiger charge is -2.17. The zero-order valence-electron chi connectivity index (χ0n) is 13.2. The van der Waals surface area contributed by atoms with E-state index in [4.69, 9.17) is 9.47 Å². The Kier molecular flexibility index (Phi) is 8.12. The van der Waals surface area contributed by atoms with Gasteiger partial charge >= 0.3 is 11.9 Å². The van der Waals surface area contributed by atoms with E-state index in [1.54, 1.807) is 13.8 Å². The molecule has 0 saturated carbocycles. The van der Waals surface area contributed by atoms with Gasteiger partial charge in [0, 0.05) is 12.5 Å². The first-order chi connectivity index (χ1) is 10.4. The molecule has 0 aromatic rings. The summed E-state index contributed by atoms with van der Waals surface area (Å²) in [6.07, 6.45) is 2.87. The summed E-state index contributed by atoms with van der Waals surface area (Å²) in [5, 5.41) is 19.6. The molecule has 4 atom stereocenters. The molecule has 0 saturated heterocycles. The Balaban J connectivity index is 2.63. The second-order valence-corrected chi connectivity index (χ2v) is 5.82. The van der Waals surface area contributed by atoms with Gasteiger partial charge in [-0.1, -0.05) is 0 Å². The Hall–Kier alpha value is -1.40. The van der Waals surface area contributed by atoms with Gasteiger partial charge in [0.1, 0.15) is 0 Å². The first-order valence-corrected chi connectivity index (χ1v) is 7.81. The molecule has 1 aliphatic rings. The van der Waals surface area contributed by atoms with Crippen molar-refractivity contribution in [2.24, 2.45) is 0 Å². The van der Waals surface area contributed by atoms with E-state index in [1.807, 2.05) is 0 Å². The number of aliphatic hydroxyl groups is 2. The molecule has 6 nitrogen and oxygen atoms in total. The molecule has 22 heavy (non-hydrogen) atoms. The van der Waals surface area contributed by atoms with Crippen LogP contribution in [0.5, 0.6) is 0 Å². The van der Waals surface area contributed by atoms with Gasteiger partial charge in [0.25, 0.3) is 0 Å². The third-order valence-corrected chi connectivity index (χ3v) is 3.56. The Morgan fingerprint density at radius 3 is 2.32 bits per heavy atom. The van der Waals surface area contributed by atoms with E-state index in [0.29, 0.717) is 32.1 Å². The number of ether oxygens (including phenoxy) is 2. The highest BCUT2D eigenvalue weighted by molar-refractivity contribution is 5.82. The van der Waals surface area contributed by atoms with Crippen LogP contribution in [0, 0.1) is 0 Å². The number of rotatable bonds is 0. The molecule has 6 heteroatoms. The topological polar surface area (TPSA) is 93.1 Å². The Morgan fingerprint density at radius 1 is 0.955 bits per heavy atom. The Labute approximate surface area is 131 Å². The summed E-state index contributed by atoms with van der Waals surface area (Å²) in [4.78, 5) is 23.2. The fraction of sp³-hybridized carbons (Fsp3) is 0.750. The molecule has 2 N–H and O–H groups in total. The van der Waals surface area contributed by atoms with Crippen LogP contribution in [0.25, 0.3) is 0 Å². The molecule has 0 spiro atoms. The van der Waals surface area contributed by atoms with Crippen LogP contribution in [0.2, 0.25) is 0 Å². The first kappa shape index (κ1) is 18.6. The zero-order chi connectivity index (χ0) is 16.5. The number of cyclic esters (lactones) is 2. The van der Waals surface area contributed by atoms with E-state index in [0.717, 1.165) is 0 Å². The maximum atomic E-state index is 11.6. The van der Waals surface area contributed by atoms with Crippen molar-refractivity contribution in [1.82, 2.24) is 0 Å². The van der Waals surface area contributed by atoms with E-state index in [1.165, 1.54) is 12.2 Å². The van der Waals surface area contributed by atoms with Gasteiger partial charge in [0.05, 0.1) is 24.4 Å². The smallest absolute Gasteiger partial charge is 0.330 e. The van der Waals surface area contributed by atoms with Crippen LogP contribution >= 0.6 is 0 Å². The number of hydrogen-bond donors (Lipinski definition) is 2. The summed E-state index contributed by atoms with van der Waals surface area (Å²) in [5.41, 5.74) is 0. The van der Waals surface area contributed by atoms with Crippen LogP contribution in [-0.4, -0.2) is 46.6 Å². The molecule has 0 aromatic carbocycles. The van der Waals surface area contributed by atoms with Crippen molar-refractivity contribution in [2.75, 3.05) is 0 Å². The molecule has 0 amide bonds. The number of aliphatic hydroxyl groups excluding tert-OH is 2. The second-order valence-electron chi connectivity index (χ2n) is 5.82. The van der Waals surface area contributed by atoms with Crippen molar-refractivity contribution in [3.63, 3.8) is 0 Å². The highest BCUT2D eigenvalue weighted by Crippen LogP contribution is 2.13. The molecule has 1 heterocycles. The lowest BCUT2D eigenvalue weighted by Crippen LogP contribution is -2.21. The van der Waals surface area contributed by atoms with Crippen molar-refractivity contribution in [2.45, 2.75) is 76.8 Å². The predicted octanol–water partition coefficient (Wildman–Crippen LogP) is 1.48. The molecule has 0 bridgehead atoms. The summed E-state index contributed by atoms with van der Waals surface area (Å²) in [6, 6.07) is 0. The van der Waals surface area contributed by atoms with Gasteiger partial charge in [-0.25, -0.2) is 4.79 Å². The number of carbonyl (C=O) groups is 2. The standard InChI is InChI=1S/C16H26O6/c1-11-3-5-13(17)8-10-16(20)22-12(2)4-6-14(18)7-9-15(19)21-11/h7,9,11-14,17-18H,3-6,8,10H2,1-2H3. The molecular weight excluding hydrogens is 288 g/mol. The molecule has 0 radical (unpaired) electrons. The average molecular weight is 314 g/mol. The fourth-order valence-electron chi connectivity index (χ4n) is 2.19. The largest absolute Gasteiger partial charge is 0.463 e. The minimum Gasteiger partial charge on any atom is -0.463 e. The molecule has 0 fully saturated rings. The van der Waals surface area contributed by atoms with Gasteiger partial charge in [-0.05, 0) is 52.0 Å². The number of esters is 2. The summed E-state index contributed by atoms with van der Waals surface area (Å²) in [6.45, 7) is 3.50. The van der Waals surface area contributed by atoms with Gasteiger partial charge in [-0.2, -0.15) is 0 Å². The quantitative estimate of drug-likeness (QED) is 0.658. The van der Waals surface area contributed by atoms with Crippen LogP contribution in [0.15, 0.2) is 12.2 Å². The van der Waals surface area contributed by atoms with Crippen molar-refractivity contribution in [3.8, 4) is 0 Å². The average Bonchev–Trinajstić information content (AvgIpc) is 2.46. The van der Waals surface area contributed by atoms with Crippen LogP contribution in [0.1, 0.15) is 52.4 Å². The molecule has 4 unspecified atom stereocenters. The Bertz CT molecular complexity index is 392. The van der Waals surface area contributed by atoms with Crippen molar-refractivity contribution < 1.29 is 29.3 Å². The van der Waals surface area contributed by atoms with E-state index < -0.39 is 18.2 Å². The van der Waals surface area contributed by atoms with Gasteiger partial charge in [0.15, 0.2) is 0 Å². The maximum absolute atomic E-state index is 11.6. The summed E-state index contributed by atoms with van der Waals surface area (Å²) in [5.74, 6) is -0.851. The normalized spacial score (nSPS) is 33.1. The zero-order valence-corrected chi connectivity index (χ0v) is 13.2. The highest BCUT2D eigenvalue weighted by atomic mass is 16.5. The second kappa shape index (κ2) is 9.58. The van der Waals surface area contributed by atoms with Crippen LogP contribution in [0.3, 0.4) is 0 Å². The summed E-state index contributed by atoms with van der Waals surface area (Å²) < 4.78 is 10.4. The molecule has 0 aromatic heterocycles. The van der Waals surface area contributed by atoms with E-state index >= 15 is 0 Å². The number of carbonyl (C=O) groups excluding carboxylic acids is 2. The highest BCUT2D eigenvalue weighted by Gasteiger charge is 2.16. The van der Waals surface area contributed by atoms with Crippen LogP contribution in [0.4, 0.5) is 0 Å². The van der Waals surface area contributed by atoms with Gasteiger partial charge in [-0.3, -0.25) is 4.79 Å². The van der Waals surface area contributed by atoms with Crippen molar-refractivity contribution >= 4 is 11.9 Å². The van der Waals surface area contributed by atoms with E-state index in [9.17, 15) is 19.8 Å².